The van der Waals surface area contributed by atoms with E-state index in [0.29, 0.717) is 11.6 Å². The van der Waals surface area contributed by atoms with E-state index in [1.807, 2.05) is 0 Å². The normalized spacial score (nSPS) is 15.3. The number of aromatic nitrogens is 1. The minimum atomic E-state index is -0.411. The molecule has 0 aliphatic carbocycles. The SMILES string of the molecule is Cc1cc(NC(=O)C2CCN(c3ccc([N+](=O)[O-])cc3)CC2)no1. The highest BCUT2D eigenvalue weighted by atomic mass is 16.6. The van der Waals surface area contributed by atoms with E-state index in [9.17, 15) is 14.9 Å². The van der Waals surface area contributed by atoms with Crippen LogP contribution in [0.5, 0.6) is 0 Å². The molecule has 2 heterocycles. The molecule has 0 radical (unpaired) electrons. The molecule has 0 spiro atoms. The van der Waals surface area contributed by atoms with Gasteiger partial charge >= 0.3 is 0 Å². The summed E-state index contributed by atoms with van der Waals surface area (Å²) in [6.07, 6.45) is 1.44. The summed E-state index contributed by atoms with van der Waals surface area (Å²) >= 11 is 0. The van der Waals surface area contributed by atoms with Gasteiger partial charge in [-0.25, -0.2) is 0 Å². The van der Waals surface area contributed by atoms with Crippen molar-refractivity contribution in [2.45, 2.75) is 19.8 Å². The van der Waals surface area contributed by atoms with Gasteiger partial charge in [-0.1, -0.05) is 5.16 Å². The number of nitro groups is 1. The predicted molar refractivity (Wildman–Crippen MR) is 87.9 cm³/mol. The number of piperidine rings is 1. The third-order valence-electron chi connectivity index (χ3n) is 4.17. The lowest BCUT2D eigenvalue weighted by atomic mass is 9.95. The monoisotopic (exact) mass is 330 g/mol. The van der Waals surface area contributed by atoms with Crippen molar-refractivity contribution >= 4 is 23.1 Å². The third kappa shape index (κ3) is 3.53. The molecule has 126 valence electrons. The number of carbonyl (C=O) groups is 1. The summed E-state index contributed by atoms with van der Waals surface area (Å²) in [7, 11) is 0. The van der Waals surface area contributed by atoms with Crippen LogP contribution in [0.3, 0.4) is 0 Å². The number of carbonyl (C=O) groups excluding carboxylic acids is 1. The van der Waals surface area contributed by atoms with Crippen molar-refractivity contribution in [2.75, 3.05) is 23.3 Å². The van der Waals surface area contributed by atoms with E-state index in [1.54, 1.807) is 25.1 Å². The highest BCUT2D eigenvalue weighted by Gasteiger charge is 2.26. The van der Waals surface area contributed by atoms with Crippen LogP contribution in [0.1, 0.15) is 18.6 Å². The maximum Gasteiger partial charge on any atom is 0.269 e. The zero-order valence-electron chi connectivity index (χ0n) is 13.3. The van der Waals surface area contributed by atoms with Crippen molar-refractivity contribution in [3.8, 4) is 0 Å². The Bertz CT molecular complexity index is 733. The maximum absolute atomic E-state index is 12.3. The highest BCUT2D eigenvalue weighted by Crippen LogP contribution is 2.26. The number of anilines is 2. The Morgan fingerprint density at radius 3 is 2.54 bits per heavy atom. The smallest absolute Gasteiger partial charge is 0.269 e. The second-order valence-corrected chi connectivity index (χ2v) is 5.85. The average molecular weight is 330 g/mol. The van der Waals surface area contributed by atoms with Crippen LogP contribution >= 0.6 is 0 Å². The summed E-state index contributed by atoms with van der Waals surface area (Å²) in [6.45, 7) is 3.23. The topological polar surface area (TPSA) is 102 Å². The summed E-state index contributed by atoms with van der Waals surface area (Å²) in [5.74, 6) is 0.969. The Kier molecular flexibility index (Phi) is 4.45. The molecule has 24 heavy (non-hydrogen) atoms. The van der Waals surface area contributed by atoms with Crippen molar-refractivity contribution in [1.29, 1.82) is 0 Å². The highest BCUT2D eigenvalue weighted by molar-refractivity contribution is 5.91. The molecule has 1 aliphatic heterocycles. The zero-order valence-corrected chi connectivity index (χ0v) is 13.3. The third-order valence-corrected chi connectivity index (χ3v) is 4.17. The number of nitro benzene ring substituents is 1. The van der Waals surface area contributed by atoms with Gasteiger partial charge in [0, 0.05) is 42.9 Å². The van der Waals surface area contributed by atoms with Crippen LogP contribution < -0.4 is 10.2 Å². The van der Waals surface area contributed by atoms with Crippen molar-refractivity contribution in [2.24, 2.45) is 5.92 Å². The van der Waals surface area contributed by atoms with Gasteiger partial charge in [-0.2, -0.15) is 0 Å². The molecular formula is C16H18N4O4. The van der Waals surface area contributed by atoms with Crippen molar-refractivity contribution in [3.05, 3.63) is 46.2 Å². The maximum atomic E-state index is 12.3. The molecular weight excluding hydrogens is 312 g/mol. The van der Waals surface area contributed by atoms with Crippen LogP contribution in [0, 0.1) is 23.0 Å². The Hall–Kier alpha value is -2.90. The number of aryl methyl sites for hydroxylation is 1. The van der Waals surface area contributed by atoms with Crippen LogP contribution in [0.25, 0.3) is 0 Å². The van der Waals surface area contributed by atoms with E-state index in [-0.39, 0.29) is 17.5 Å². The Balaban J connectivity index is 1.55. The second kappa shape index (κ2) is 6.69. The quantitative estimate of drug-likeness (QED) is 0.683. The molecule has 1 aromatic heterocycles. The first kappa shape index (κ1) is 16.0. The second-order valence-electron chi connectivity index (χ2n) is 5.85. The average Bonchev–Trinajstić information content (AvgIpc) is 3.00. The number of non-ortho nitro benzene ring substituents is 1. The number of benzene rings is 1. The van der Waals surface area contributed by atoms with Gasteiger partial charge in [0.25, 0.3) is 5.69 Å². The van der Waals surface area contributed by atoms with Gasteiger partial charge in [0.15, 0.2) is 5.82 Å². The molecule has 1 fully saturated rings. The van der Waals surface area contributed by atoms with Crippen LogP contribution in [0.15, 0.2) is 34.9 Å². The van der Waals surface area contributed by atoms with E-state index in [4.69, 9.17) is 4.52 Å². The summed E-state index contributed by atoms with van der Waals surface area (Å²) in [5, 5.41) is 17.2. The molecule has 0 saturated carbocycles. The van der Waals surface area contributed by atoms with Gasteiger partial charge in [0.2, 0.25) is 5.91 Å². The summed E-state index contributed by atoms with van der Waals surface area (Å²) < 4.78 is 4.93. The van der Waals surface area contributed by atoms with Gasteiger partial charge in [0.1, 0.15) is 5.76 Å². The van der Waals surface area contributed by atoms with Crippen molar-refractivity contribution in [3.63, 3.8) is 0 Å². The van der Waals surface area contributed by atoms with E-state index in [2.05, 4.69) is 15.4 Å². The molecule has 1 amide bonds. The van der Waals surface area contributed by atoms with Gasteiger partial charge in [0.05, 0.1) is 4.92 Å². The number of hydrogen-bond donors (Lipinski definition) is 1. The van der Waals surface area contributed by atoms with Crippen molar-refractivity contribution in [1.82, 2.24) is 5.16 Å². The number of nitrogens with one attached hydrogen (secondary N) is 1. The Morgan fingerprint density at radius 1 is 1.33 bits per heavy atom. The van der Waals surface area contributed by atoms with E-state index in [0.717, 1.165) is 31.6 Å². The number of nitrogens with zero attached hydrogens (tertiary/aromatic N) is 3. The molecule has 8 heteroatoms. The van der Waals surface area contributed by atoms with E-state index < -0.39 is 4.92 Å². The van der Waals surface area contributed by atoms with Crippen LogP contribution in [0.4, 0.5) is 17.2 Å². The van der Waals surface area contributed by atoms with E-state index >= 15 is 0 Å². The summed E-state index contributed by atoms with van der Waals surface area (Å²) in [6, 6.07) is 8.18. The lowest BCUT2D eigenvalue weighted by Crippen LogP contribution is -2.38. The molecule has 8 nitrogen and oxygen atoms in total. The number of amides is 1. The van der Waals surface area contributed by atoms with Gasteiger partial charge in [-0.05, 0) is 31.9 Å². The minimum absolute atomic E-state index is 0.0494. The lowest BCUT2D eigenvalue weighted by Gasteiger charge is -2.32. The molecule has 1 aliphatic rings. The predicted octanol–water partition coefficient (Wildman–Crippen LogP) is 2.75. The summed E-state index contributed by atoms with van der Waals surface area (Å²) in [4.78, 5) is 24.7. The minimum Gasteiger partial charge on any atom is -0.371 e. The molecule has 3 rings (SSSR count). The number of hydrogen-bond acceptors (Lipinski definition) is 6. The molecule has 2 aromatic rings. The van der Waals surface area contributed by atoms with E-state index in [1.165, 1.54) is 12.1 Å². The largest absolute Gasteiger partial charge is 0.371 e. The first-order valence-corrected chi connectivity index (χ1v) is 7.76. The molecule has 1 aromatic carbocycles. The van der Waals surface area contributed by atoms with Crippen LogP contribution in [-0.2, 0) is 4.79 Å². The standard InChI is InChI=1S/C16H18N4O4/c1-11-10-15(18-24-11)17-16(21)12-6-8-19(9-7-12)13-2-4-14(5-3-13)20(22)23/h2-5,10,12H,6-9H2,1H3,(H,17,18,21). The first-order valence-electron chi connectivity index (χ1n) is 7.76. The van der Waals surface area contributed by atoms with Crippen LogP contribution in [-0.4, -0.2) is 29.1 Å². The fourth-order valence-corrected chi connectivity index (χ4v) is 2.84. The van der Waals surface area contributed by atoms with Gasteiger partial charge in [-0.3, -0.25) is 14.9 Å². The number of rotatable bonds is 4. The summed E-state index contributed by atoms with van der Waals surface area (Å²) in [5.41, 5.74) is 1.02. The zero-order chi connectivity index (χ0) is 17.1. The van der Waals surface area contributed by atoms with Crippen molar-refractivity contribution < 1.29 is 14.2 Å². The fraction of sp³-hybridized carbons (Fsp3) is 0.375. The fourth-order valence-electron chi connectivity index (χ4n) is 2.84. The van der Waals surface area contributed by atoms with Crippen LogP contribution in [0.2, 0.25) is 0 Å². The molecule has 0 unspecified atom stereocenters. The van der Waals surface area contributed by atoms with Gasteiger partial charge in [-0.15, -0.1) is 0 Å². The van der Waals surface area contributed by atoms with Gasteiger partial charge < -0.3 is 14.7 Å². The lowest BCUT2D eigenvalue weighted by molar-refractivity contribution is -0.384. The molecule has 1 saturated heterocycles. The Morgan fingerprint density at radius 2 is 2.00 bits per heavy atom. The molecule has 0 bridgehead atoms. The first-order chi connectivity index (χ1) is 11.5. The molecule has 0 atom stereocenters. The molecule has 1 N–H and O–H groups in total. The Labute approximate surface area is 138 Å².